The highest BCUT2D eigenvalue weighted by Crippen LogP contribution is 2.75. The number of allylic oxidation sites excluding steroid dienone is 2. The Bertz CT molecular complexity index is 1070. The van der Waals surface area contributed by atoms with Crippen LogP contribution in [0.25, 0.3) is 0 Å². The van der Waals surface area contributed by atoms with E-state index in [9.17, 15) is 19.8 Å². The number of hydrogen-bond acceptors (Lipinski definition) is 5. The summed E-state index contributed by atoms with van der Waals surface area (Å²) in [5, 5.41) is 21.7. The fraction of sp³-hybridized carbons (Fsp3) is 0.812. The highest BCUT2D eigenvalue weighted by atomic mass is 16.5. The summed E-state index contributed by atoms with van der Waals surface area (Å²) in [6.45, 7) is 17.6. The zero-order chi connectivity index (χ0) is 27.4. The maximum absolute atomic E-state index is 14.4. The van der Waals surface area contributed by atoms with Crippen LogP contribution < -0.4 is 0 Å². The van der Waals surface area contributed by atoms with Crippen LogP contribution >= 0.6 is 0 Å². The molecular formula is C32H48O5. The number of carbonyl (C=O) groups excluding carboxylic acids is 2. The molecule has 37 heavy (non-hydrogen) atoms. The number of ether oxygens (including phenoxy) is 1. The maximum atomic E-state index is 14.4. The van der Waals surface area contributed by atoms with Gasteiger partial charge < -0.3 is 14.9 Å². The number of rotatable bonds is 2. The lowest BCUT2D eigenvalue weighted by Gasteiger charge is -2.70. The summed E-state index contributed by atoms with van der Waals surface area (Å²) < 4.78 is 5.42. The molecule has 0 aromatic rings. The lowest BCUT2D eigenvalue weighted by atomic mass is 9.33. The molecule has 5 heteroatoms. The minimum atomic E-state index is -0.709. The molecule has 0 saturated heterocycles. The van der Waals surface area contributed by atoms with Crippen molar-refractivity contribution in [2.24, 2.45) is 50.2 Å². The maximum Gasteiger partial charge on any atom is 0.312 e. The number of methoxy groups -OCH3 is 1. The fourth-order valence-corrected chi connectivity index (χ4v) is 10.6. The molecule has 4 fully saturated rings. The van der Waals surface area contributed by atoms with Gasteiger partial charge in [0.05, 0.1) is 25.2 Å². The van der Waals surface area contributed by atoms with Crippen molar-refractivity contribution >= 4 is 11.8 Å². The van der Waals surface area contributed by atoms with Crippen LogP contribution in [0.1, 0.15) is 92.9 Å². The molecule has 0 radical (unpaired) electrons. The van der Waals surface area contributed by atoms with Crippen LogP contribution in [0.2, 0.25) is 0 Å². The average Bonchev–Trinajstić information content (AvgIpc) is 2.83. The predicted octanol–water partition coefficient (Wildman–Crippen LogP) is 5.64. The van der Waals surface area contributed by atoms with Crippen LogP contribution in [-0.4, -0.2) is 41.8 Å². The van der Waals surface area contributed by atoms with Gasteiger partial charge in [-0.3, -0.25) is 9.59 Å². The Morgan fingerprint density at radius 1 is 1.05 bits per heavy atom. The van der Waals surface area contributed by atoms with Crippen LogP contribution in [0.5, 0.6) is 0 Å². The Hall–Kier alpha value is -1.46. The summed E-state index contributed by atoms with van der Waals surface area (Å²) in [4.78, 5) is 27.8. The largest absolute Gasteiger partial charge is 0.469 e. The second-order valence-corrected chi connectivity index (χ2v) is 15.1. The monoisotopic (exact) mass is 512 g/mol. The minimum absolute atomic E-state index is 0.0328. The Morgan fingerprint density at radius 2 is 1.70 bits per heavy atom. The van der Waals surface area contributed by atoms with Crippen LogP contribution in [0.4, 0.5) is 0 Å². The molecule has 5 nitrogen and oxygen atoms in total. The second-order valence-electron chi connectivity index (χ2n) is 15.1. The smallest absolute Gasteiger partial charge is 0.312 e. The molecule has 206 valence electrons. The summed E-state index contributed by atoms with van der Waals surface area (Å²) in [6.07, 6.45) is 7.79. The first kappa shape index (κ1) is 27.1. The number of carbonyl (C=O) groups is 2. The van der Waals surface area contributed by atoms with Crippen LogP contribution in [0.15, 0.2) is 23.8 Å². The molecule has 9 atom stereocenters. The number of aliphatic hydroxyl groups excluding tert-OH is 2. The molecule has 4 saturated carbocycles. The van der Waals surface area contributed by atoms with E-state index >= 15 is 0 Å². The standard InChI is InChI=1S/C32H48O5/c1-19-22(35)17-28(4)23(29(19,5)18-33)9-10-30(6)24(28)15-21(34)25-20-16-27(2,3)11-13-32(20,26(36)37-8)14-12-31(25,30)7/h15,20,22-23,25,33,35H,1,9-14,16-18H2,2-8H3/t20-,22+,23+,25-,28-,29-,30+,31+,32-/m0/s1. The highest BCUT2D eigenvalue weighted by Gasteiger charge is 2.71. The van der Waals surface area contributed by atoms with Gasteiger partial charge in [-0.15, -0.1) is 0 Å². The third kappa shape index (κ3) is 3.22. The summed E-state index contributed by atoms with van der Waals surface area (Å²) in [6, 6.07) is 0. The van der Waals surface area contributed by atoms with Crippen LogP contribution in [0.3, 0.4) is 0 Å². The van der Waals surface area contributed by atoms with Gasteiger partial charge in [0.25, 0.3) is 0 Å². The Morgan fingerprint density at radius 3 is 2.32 bits per heavy atom. The zero-order valence-corrected chi connectivity index (χ0v) is 24.1. The van der Waals surface area contributed by atoms with Crippen molar-refractivity contribution in [2.75, 3.05) is 13.7 Å². The van der Waals surface area contributed by atoms with Gasteiger partial charge in [-0.1, -0.05) is 53.7 Å². The first-order chi connectivity index (χ1) is 17.1. The number of hydrogen-bond donors (Lipinski definition) is 2. The van der Waals surface area contributed by atoms with E-state index in [1.54, 1.807) is 0 Å². The van der Waals surface area contributed by atoms with E-state index in [4.69, 9.17) is 4.74 Å². The summed E-state index contributed by atoms with van der Waals surface area (Å²) in [7, 11) is 1.49. The number of aliphatic hydroxyl groups is 2. The van der Waals surface area contributed by atoms with E-state index in [0.29, 0.717) is 6.42 Å². The van der Waals surface area contributed by atoms with Crippen molar-refractivity contribution < 1.29 is 24.5 Å². The molecule has 0 unspecified atom stereocenters. The first-order valence-electron chi connectivity index (χ1n) is 14.4. The lowest BCUT2D eigenvalue weighted by Crippen LogP contribution is -2.66. The van der Waals surface area contributed by atoms with Gasteiger partial charge in [0.2, 0.25) is 0 Å². The summed E-state index contributed by atoms with van der Waals surface area (Å²) >= 11 is 0. The van der Waals surface area contributed by atoms with Crippen molar-refractivity contribution in [3.63, 3.8) is 0 Å². The highest BCUT2D eigenvalue weighted by molar-refractivity contribution is 5.96. The van der Waals surface area contributed by atoms with E-state index in [2.05, 4.69) is 41.2 Å². The zero-order valence-electron chi connectivity index (χ0n) is 24.1. The van der Waals surface area contributed by atoms with Gasteiger partial charge in [0, 0.05) is 11.3 Å². The van der Waals surface area contributed by atoms with Crippen molar-refractivity contribution in [3.8, 4) is 0 Å². The van der Waals surface area contributed by atoms with E-state index in [1.807, 2.05) is 13.0 Å². The van der Waals surface area contributed by atoms with E-state index in [1.165, 1.54) is 7.11 Å². The molecule has 0 spiro atoms. The van der Waals surface area contributed by atoms with Crippen LogP contribution in [-0.2, 0) is 14.3 Å². The SMILES string of the molecule is C=C1[C@H](O)C[C@]2(C)C3=CC(=O)[C@@H]4[C@@H]5CC(C)(C)CC[C@]5(C(=O)OC)CC[C@@]4(C)[C@]3(C)CC[C@H]2[C@@]1(C)CO. The molecule has 2 N–H and O–H groups in total. The topological polar surface area (TPSA) is 83.8 Å². The minimum Gasteiger partial charge on any atom is -0.469 e. The van der Waals surface area contributed by atoms with Gasteiger partial charge in [-0.2, -0.15) is 0 Å². The van der Waals surface area contributed by atoms with Gasteiger partial charge in [0.1, 0.15) is 0 Å². The number of ketones is 1. The lowest BCUT2D eigenvalue weighted by molar-refractivity contribution is -0.193. The average molecular weight is 513 g/mol. The Kier molecular flexibility index (Phi) is 5.89. The molecule has 0 aliphatic heterocycles. The van der Waals surface area contributed by atoms with Crippen molar-refractivity contribution in [1.29, 1.82) is 0 Å². The third-order valence-electron chi connectivity index (χ3n) is 13.1. The van der Waals surface area contributed by atoms with E-state index < -0.39 is 22.3 Å². The van der Waals surface area contributed by atoms with Gasteiger partial charge in [-0.25, -0.2) is 0 Å². The molecule has 5 rings (SSSR count). The van der Waals surface area contributed by atoms with Crippen molar-refractivity contribution in [1.82, 2.24) is 0 Å². The molecule has 0 bridgehead atoms. The molecule has 0 aromatic carbocycles. The molecule has 0 amide bonds. The Labute approximate surface area is 223 Å². The molecule has 5 aliphatic carbocycles. The van der Waals surface area contributed by atoms with Crippen molar-refractivity contribution in [3.05, 3.63) is 23.8 Å². The quantitative estimate of drug-likeness (QED) is 0.370. The van der Waals surface area contributed by atoms with Gasteiger partial charge >= 0.3 is 5.97 Å². The normalized spacial score (nSPS) is 50.7. The predicted molar refractivity (Wildman–Crippen MR) is 143 cm³/mol. The van der Waals surface area contributed by atoms with Gasteiger partial charge in [0.15, 0.2) is 5.78 Å². The fourth-order valence-electron chi connectivity index (χ4n) is 10.6. The summed E-state index contributed by atoms with van der Waals surface area (Å²) in [5.41, 5.74) is -0.132. The van der Waals surface area contributed by atoms with Gasteiger partial charge in [-0.05, 0) is 96.5 Å². The third-order valence-corrected chi connectivity index (χ3v) is 13.1. The van der Waals surface area contributed by atoms with Crippen LogP contribution in [0, 0.1) is 50.2 Å². The summed E-state index contributed by atoms with van der Waals surface area (Å²) in [5.74, 6) is -0.126. The molecule has 0 heterocycles. The molecular weight excluding hydrogens is 464 g/mol. The molecule has 5 aliphatic rings. The van der Waals surface area contributed by atoms with E-state index in [0.717, 1.165) is 56.1 Å². The molecule has 0 aromatic heterocycles. The number of esters is 1. The van der Waals surface area contributed by atoms with E-state index in [-0.39, 0.29) is 52.4 Å². The van der Waals surface area contributed by atoms with Crippen molar-refractivity contribution in [2.45, 2.75) is 99.0 Å². The second kappa shape index (κ2) is 8.03. The number of fused-ring (bicyclic) bond motifs is 7. The Balaban J connectivity index is 1.67. The first-order valence-corrected chi connectivity index (χ1v) is 14.4.